The summed E-state index contributed by atoms with van der Waals surface area (Å²) in [5.74, 6) is 0.0127. The molecule has 4 heteroatoms. The highest BCUT2D eigenvalue weighted by atomic mass is 16.1. The van der Waals surface area contributed by atoms with Crippen LogP contribution in [0.15, 0.2) is 54.6 Å². The summed E-state index contributed by atoms with van der Waals surface area (Å²) < 4.78 is 0. The molecule has 0 spiro atoms. The van der Waals surface area contributed by atoms with Crippen molar-refractivity contribution >= 4 is 16.8 Å². The number of aromatic nitrogens is 1. The lowest BCUT2D eigenvalue weighted by Gasteiger charge is -2.29. The fourth-order valence-corrected chi connectivity index (χ4v) is 3.83. The second-order valence-corrected chi connectivity index (χ2v) is 7.04. The van der Waals surface area contributed by atoms with Crippen molar-refractivity contribution < 1.29 is 4.79 Å². The van der Waals surface area contributed by atoms with E-state index in [2.05, 4.69) is 29.3 Å². The smallest absolute Gasteiger partial charge is 0.252 e. The minimum Gasteiger partial charge on any atom is -0.352 e. The molecule has 1 aromatic heterocycles. The van der Waals surface area contributed by atoms with Gasteiger partial charge in [-0.05, 0) is 24.6 Å². The monoisotopic (exact) mass is 359 g/mol. The number of amides is 1. The number of hydrogen-bond donors (Lipinski definition) is 1. The Morgan fingerprint density at radius 1 is 1.11 bits per heavy atom. The fourth-order valence-electron chi connectivity index (χ4n) is 3.83. The van der Waals surface area contributed by atoms with Crippen molar-refractivity contribution in [2.45, 2.75) is 26.3 Å². The maximum atomic E-state index is 13.2. The summed E-state index contributed by atoms with van der Waals surface area (Å²) in [6.45, 7) is 5.58. The van der Waals surface area contributed by atoms with E-state index in [9.17, 15) is 4.79 Å². The van der Waals surface area contributed by atoms with E-state index in [-0.39, 0.29) is 5.91 Å². The Kier molecular flexibility index (Phi) is 5.16. The third-order valence-electron chi connectivity index (χ3n) is 5.34. The van der Waals surface area contributed by atoms with Crippen LogP contribution in [0.3, 0.4) is 0 Å². The van der Waals surface area contributed by atoms with Crippen LogP contribution in [0.5, 0.6) is 0 Å². The van der Waals surface area contributed by atoms with E-state index in [4.69, 9.17) is 4.98 Å². The molecule has 3 aromatic rings. The van der Waals surface area contributed by atoms with E-state index in [1.165, 1.54) is 5.56 Å². The molecule has 0 saturated heterocycles. The maximum absolute atomic E-state index is 13.2. The second kappa shape index (κ2) is 7.89. The van der Waals surface area contributed by atoms with Gasteiger partial charge >= 0.3 is 0 Å². The number of nitrogens with zero attached hydrogens (tertiary/aromatic N) is 2. The minimum absolute atomic E-state index is 0.0127. The molecule has 0 radical (unpaired) electrons. The Hall–Kier alpha value is -2.72. The van der Waals surface area contributed by atoms with Crippen LogP contribution < -0.4 is 5.32 Å². The van der Waals surface area contributed by atoms with Crippen LogP contribution in [0, 0.1) is 0 Å². The van der Waals surface area contributed by atoms with Crippen molar-refractivity contribution in [3.05, 3.63) is 77.0 Å². The Morgan fingerprint density at radius 2 is 1.89 bits per heavy atom. The zero-order chi connectivity index (χ0) is 18.6. The minimum atomic E-state index is 0.0127. The number of hydrogen-bond acceptors (Lipinski definition) is 3. The quantitative estimate of drug-likeness (QED) is 0.757. The first-order chi connectivity index (χ1) is 13.3. The average molecular weight is 359 g/mol. The number of fused-ring (bicyclic) bond motifs is 2. The normalized spacial score (nSPS) is 14.1. The third-order valence-corrected chi connectivity index (χ3v) is 5.34. The Balaban J connectivity index is 1.63. The number of pyridine rings is 1. The lowest BCUT2D eigenvalue weighted by Crippen LogP contribution is -2.34. The van der Waals surface area contributed by atoms with Gasteiger partial charge in [0.1, 0.15) is 0 Å². The van der Waals surface area contributed by atoms with Crippen molar-refractivity contribution in [1.29, 1.82) is 0 Å². The van der Waals surface area contributed by atoms with Crippen LogP contribution in [0.2, 0.25) is 0 Å². The molecule has 1 amide bonds. The summed E-state index contributed by atoms with van der Waals surface area (Å²) in [5.41, 5.74) is 5.12. The largest absolute Gasteiger partial charge is 0.352 e. The zero-order valence-corrected chi connectivity index (χ0v) is 15.7. The molecule has 0 saturated carbocycles. The first-order valence-electron chi connectivity index (χ1n) is 9.71. The summed E-state index contributed by atoms with van der Waals surface area (Å²) in [4.78, 5) is 20.4. The zero-order valence-electron chi connectivity index (χ0n) is 15.7. The number of nitrogens with one attached hydrogen (secondary N) is 1. The molecular weight excluding hydrogens is 334 g/mol. The molecule has 1 N–H and O–H groups in total. The lowest BCUT2D eigenvalue weighted by molar-refractivity contribution is 0.0953. The van der Waals surface area contributed by atoms with Gasteiger partial charge in [0, 0.05) is 42.7 Å². The number of likely N-dealkylation sites (N-methyl/N-ethyl adjacent to an activating group) is 1. The van der Waals surface area contributed by atoms with Gasteiger partial charge in [-0.3, -0.25) is 14.7 Å². The molecule has 0 unspecified atom stereocenters. The van der Waals surface area contributed by atoms with Crippen LogP contribution in [0.1, 0.15) is 34.1 Å². The highest BCUT2D eigenvalue weighted by Crippen LogP contribution is 2.28. The molecule has 0 fully saturated rings. The molecule has 2 heterocycles. The molecule has 0 aliphatic carbocycles. The number of carbonyl (C=O) groups is 1. The van der Waals surface area contributed by atoms with Crippen LogP contribution in [-0.2, 0) is 19.4 Å². The van der Waals surface area contributed by atoms with E-state index in [0.29, 0.717) is 6.54 Å². The predicted molar refractivity (Wildman–Crippen MR) is 109 cm³/mol. The molecule has 1 aliphatic rings. The third kappa shape index (κ3) is 3.71. The average Bonchev–Trinajstić information content (AvgIpc) is 2.72. The fraction of sp³-hybridized carbons (Fsp3) is 0.304. The van der Waals surface area contributed by atoms with Gasteiger partial charge in [0.2, 0.25) is 0 Å². The highest BCUT2D eigenvalue weighted by molar-refractivity contribution is 6.07. The molecule has 27 heavy (non-hydrogen) atoms. The van der Waals surface area contributed by atoms with Crippen molar-refractivity contribution in [2.75, 3.05) is 19.6 Å². The van der Waals surface area contributed by atoms with E-state index in [0.717, 1.165) is 60.2 Å². The summed E-state index contributed by atoms with van der Waals surface area (Å²) in [5, 5.41) is 4.09. The first kappa shape index (κ1) is 17.7. The van der Waals surface area contributed by atoms with E-state index < -0.39 is 0 Å². The molecule has 2 aromatic carbocycles. The molecule has 1 aliphatic heterocycles. The Bertz CT molecular complexity index is 952. The van der Waals surface area contributed by atoms with E-state index in [1.807, 2.05) is 42.5 Å². The second-order valence-electron chi connectivity index (χ2n) is 7.04. The molecule has 0 atom stereocenters. The standard InChI is InChI=1S/C23H25N3O/c1-2-26-15-13-21-19(16-26)22(18-10-6-7-11-20(18)25-21)23(27)24-14-12-17-8-4-3-5-9-17/h3-11H,2,12-16H2,1H3,(H,24,27). The van der Waals surface area contributed by atoms with Crippen LogP contribution in [0.4, 0.5) is 0 Å². The highest BCUT2D eigenvalue weighted by Gasteiger charge is 2.25. The summed E-state index contributed by atoms with van der Waals surface area (Å²) >= 11 is 0. The van der Waals surface area contributed by atoms with Crippen molar-refractivity contribution in [3.63, 3.8) is 0 Å². The Morgan fingerprint density at radius 3 is 2.70 bits per heavy atom. The number of benzene rings is 2. The summed E-state index contributed by atoms with van der Waals surface area (Å²) in [7, 11) is 0. The molecule has 4 nitrogen and oxygen atoms in total. The molecule has 0 bridgehead atoms. The van der Waals surface area contributed by atoms with Gasteiger partial charge in [-0.25, -0.2) is 0 Å². The topological polar surface area (TPSA) is 45.2 Å². The van der Waals surface area contributed by atoms with Gasteiger partial charge < -0.3 is 5.32 Å². The van der Waals surface area contributed by atoms with Gasteiger partial charge in [0.05, 0.1) is 11.1 Å². The summed E-state index contributed by atoms with van der Waals surface area (Å²) in [6.07, 6.45) is 1.73. The molecular formula is C23H25N3O. The van der Waals surface area contributed by atoms with E-state index in [1.54, 1.807) is 0 Å². The van der Waals surface area contributed by atoms with Gasteiger partial charge in [0.15, 0.2) is 0 Å². The van der Waals surface area contributed by atoms with Gasteiger partial charge in [-0.15, -0.1) is 0 Å². The number of rotatable bonds is 5. The first-order valence-corrected chi connectivity index (χ1v) is 9.71. The molecule has 138 valence electrons. The van der Waals surface area contributed by atoms with Crippen LogP contribution in [0.25, 0.3) is 10.9 Å². The van der Waals surface area contributed by atoms with Crippen molar-refractivity contribution in [2.24, 2.45) is 0 Å². The lowest BCUT2D eigenvalue weighted by atomic mass is 9.95. The van der Waals surface area contributed by atoms with Crippen molar-refractivity contribution in [1.82, 2.24) is 15.2 Å². The SMILES string of the molecule is CCN1CCc2nc3ccccc3c(C(=O)NCCc3ccccc3)c2C1. The van der Waals surface area contributed by atoms with Crippen LogP contribution in [-0.4, -0.2) is 35.4 Å². The van der Waals surface area contributed by atoms with E-state index >= 15 is 0 Å². The van der Waals surface area contributed by atoms with Gasteiger partial charge in [-0.2, -0.15) is 0 Å². The van der Waals surface area contributed by atoms with Gasteiger partial charge in [0.25, 0.3) is 5.91 Å². The maximum Gasteiger partial charge on any atom is 0.252 e. The van der Waals surface area contributed by atoms with Gasteiger partial charge in [-0.1, -0.05) is 55.5 Å². The molecule has 4 rings (SSSR count). The predicted octanol–water partition coefficient (Wildman–Crippen LogP) is 3.59. The van der Waals surface area contributed by atoms with Crippen molar-refractivity contribution in [3.8, 4) is 0 Å². The number of carbonyl (C=O) groups excluding carboxylic acids is 1. The van der Waals surface area contributed by atoms with Crippen LogP contribution >= 0.6 is 0 Å². The Labute approximate surface area is 160 Å². The number of para-hydroxylation sites is 1. The summed E-state index contributed by atoms with van der Waals surface area (Å²) in [6, 6.07) is 18.2.